The maximum atomic E-state index is 5.51. The Labute approximate surface area is 128 Å². The molecule has 3 rings (SSSR count). The lowest BCUT2D eigenvalue weighted by atomic mass is 9.87. The van der Waals surface area contributed by atoms with Gasteiger partial charge in [0.25, 0.3) is 0 Å². The van der Waals surface area contributed by atoms with Crippen molar-refractivity contribution in [2.75, 3.05) is 26.3 Å². The second-order valence-electron chi connectivity index (χ2n) is 6.78. The van der Waals surface area contributed by atoms with Gasteiger partial charge in [-0.05, 0) is 38.5 Å². The lowest BCUT2D eigenvalue weighted by Gasteiger charge is -2.44. The number of hydrogen-bond donors (Lipinski definition) is 0. The smallest absolute Gasteiger partial charge is 0.124 e. The van der Waals surface area contributed by atoms with E-state index < -0.39 is 0 Å². The SMILES string of the molecule is C(=NC1CCCCC1)=NC1(N2CCOCC2)CCCCC1. The first kappa shape index (κ1) is 15.2. The average molecular weight is 291 g/mol. The number of hydrogen-bond acceptors (Lipinski definition) is 4. The zero-order valence-electron chi connectivity index (χ0n) is 13.2. The summed E-state index contributed by atoms with van der Waals surface area (Å²) in [5.41, 5.74) is -0.0276. The van der Waals surface area contributed by atoms with Crippen LogP contribution in [0.1, 0.15) is 64.2 Å². The summed E-state index contributed by atoms with van der Waals surface area (Å²) < 4.78 is 5.51. The second kappa shape index (κ2) is 7.53. The van der Waals surface area contributed by atoms with Gasteiger partial charge in [-0.3, -0.25) is 4.90 Å². The Kier molecular flexibility index (Phi) is 5.45. The molecular weight excluding hydrogens is 262 g/mol. The first-order chi connectivity index (χ1) is 10.4. The summed E-state index contributed by atoms with van der Waals surface area (Å²) in [4.78, 5) is 12.1. The van der Waals surface area contributed by atoms with Crippen LogP contribution in [0.15, 0.2) is 9.98 Å². The molecule has 2 saturated carbocycles. The van der Waals surface area contributed by atoms with Gasteiger partial charge in [0.2, 0.25) is 0 Å². The zero-order chi connectivity index (χ0) is 14.4. The largest absolute Gasteiger partial charge is 0.379 e. The lowest BCUT2D eigenvalue weighted by Crippen LogP contribution is -2.53. The van der Waals surface area contributed by atoms with Crippen molar-refractivity contribution in [2.45, 2.75) is 75.9 Å². The van der Waals surface area contributed by atoms with E-state index in [1.165, 1.54) is 64.2 Å². The molecule has 0 atom stereocenters. The van der Waals surface area contributed by atoms with Crippen molar-refractivity contribution >= 4 is 6.01 Å². The summed E-state index contributed by atoms with van der Waals surface area (Å²) >= 11 is 0. The summed E-state index contributed by atoms with van der Waals surface area (Å²) in [6, 6.07) is 3.61. The van der Waals surface area contributed by atoms with Crippen LogP contribution in [0.2, 0.25) is 0 Å². The fourth-order valence-electron chi connectivity index (χ4n) is 4.01. The molecule has 1 aliphatic heterocycles. The molecule has 0 unspecified atom stereocenters. The van der Waals surface area contributed by atoms with Gasteiger partial charge in [-0.2, -0.15) is 0 Å². The Bertz CT molecular complexity index is 371. The molecule has 1 saturated heterocycles. The highest BCUT2D eigenvalue weighted by atomic mass is 16.5. The minimum absolute atomic E-state index is 0.0276. The van der Waals surface area contributed by atoms with E-state index in [1.54, 1.807) is 0 Å². The van der Waals surface area contributed by atoms with Gasteiger partial charge < -0.3 is 4.74 Å². The third kappa shape index (κ3) is 3.94. The molecular formula is C17H29N3O. The predicted molar refractivity (Wildman–Crippen MR) is 84.9 cm³/mol. The van der Waals surface area contributed by atoms with Gasteiger partial charge >= 0.3 is 0 Å². The highest BCUT2D eigenvalue weighted by Gasteiger charge is 2.38. The van der Waals surface area contributed by atoms with E-state index in [0.29, 0.717) is 6.04 Å². The van der Waals surface area contributed by atoms with Crippen molar-refractivity contribution in [2.24, 2.45) is 9.98 Å². The molecule has 0 N–H and O–H groups in total. The maximum Gasteiger partial charge on any atom is 0.124 e. The summed E-state index contributed by atoms with van der Waals surface area (Å²) in [6.07, 6.45) is 12.7. The molecule has 21 heavy (non-hydrogen) atoms. The van der Waals surface area contributed by atoms with Crippen molar-refractivity contribution < 1.29 is 4.74 Å². The molecule has 1 heterocycles. The molecule has 0 aromatic rings. The van der Waals surface area contributed by atoms with E-state index in [0.717, 1.165) is 26.3 Å². The molecule has 3 aliphatic rings. The highest BCUT2D eigenvalue weighted by molar-refractivity contribution is 5.43. The Morgan fingerprint density at radius 2 is 1.57 bits per heavy atom. The van der Waals surface area contributed by atoms with Gasteiger partial charge in [-0.25, -0.2) is 9.98 Å². The van der Waals surface area contributed by atoms with Crippen molar-refractivity contribution in [3.63, 3.8) is 0 Å². The van der Waals surface area contributed by atoms with Crippen LogP contribution in [-0.2, 0) is 4.74 Å². The van der Waals surface area contributed by atoms with Crippen molar-refractivity contribution in [3.8, 4) is 0 Å². The van der Waals surface area contributed by atoms with Gasteiger partial charge in [-0.15, -0.1) is 0 Å². The van der Waals surface area contributed by atoms with Crippen LogP contribution in [-0.4, -0.2) is 48.9 Å². The van der Waals surface area contributed by atoms with Gasteiger partial charge in [0.1, 0.15) is 5.66 Å². The molecule has 0 amide bonds. The van der Waals surface area contributed by atoms with Crippen LogP contribution in [0.25, 0.3) is 0 Å². The number of rotatable bonds is 3. The average Bonchev–Trinajstić information content (AvgIpc) is 2.58. The van der Waals surface area contributed by atoms with Crippen molar-refractivity contribution in [3.05, 3.63) is 0 Å². The highest BCUT2D eigenvalue weighted by Crippen LogP contribution is 2.35. The fraction of sp³-hybridized carbons (Fsp3) is 0.941. The molecule has 4 nitrogen and oxygen atoms in total. The molecule has 3 fully saturated rings. The first-order valence-electron chi connectivity index (χ1n) is 8.89. The minimum Gasteiger partial charge on any atom is -0.379 e. The second-order valence-corrected chi connectivity index (χ2v) is 6.78. The van der Waals surface area contributed by atoms with Crippen LogP contribution >= 0.6 is 0 Å². The van der Waals surface area contributed by atoms with E-state index >= 15 is 0 Å². The van der Waals surface area contributed by atoms with Gasteiger partial charge in [0, 0.05) is 13.1 Å². The van der Waals surface area contributed by atoms with Gasteiger partial charge in [0.15, 0.2) is 0 Å². The molecule has 4 heteroatoms. The number of aliphatic imine (C=N–C) groups is 2. The van der Waals surface area contributed by atoms with Crippen molar-refractivity contribution in [1.82, 2.24) is 4.90 Å². The summed E-state index contributed by atoms with van der Waals surface area (Å²) in [5.74, 6) is 0. The van der Waals surface area contributed by atoms with Crippen molar-refractivity contribution in [1.29, 1.82) is 0 Å². The van der Waals surface area contributed by atoms with Crippen LogP contribution in [0.5, 0.6) is 0 Å². The van der Waals surface area contributed by atoms with Gasteiger partial charge in [-0.1, -0.05) is 25.7 Å². The van der Waals surface area contributed by atoms with E-state index in [4.69, 9.17) is 9.73 Å². The minimum atomic E-state index is -0.0276. The maximum absolute atomic E-state index is 5.51. The number of morpholine rings is 1. The quantitative estimate of drug-likeness (QED) is 0.746. The summed E-state index contributed by atoms with van der Waals surface area (Å²) in [6.45, 7) is 3.71. The van der Waals surface area contributed by atoms with E-state index in [1.807, 2.05) is 0 Å². The molecule has 0 aromatic carbocycles. The van der Waals surface area contributed by atoms with E-state index in [-0.39, 0.29) is 5.66 Å². The van der Waals surface area contributed by atoms with Crippen LogP contribution in [0, 0.1) is 0 Å². The normalized spacial score (nSPS) is 27.8. The van der Waals surface area contributed by atoms with Crippen LogP contribution < -0.4 is 0 Å². The molecule has 0 bridgehead atoms. The Hall–Kier alpha value is -0.700. The monoisotopic (exact) mass is 291 g/mol. The third-order valence-electron chi connectivity index (χ3n) is 5.33. The number of ether oxygens (including phenoxy) is 1. The summed E-state index contributed by atoms with van der Waals surface area (Å²) in [5, 5.41) is 0. The molecule has 2 aliphatic carbocycles. The lowest BCUT2D eigenvalue weighted by molar-refractivity contribution is -0.0333. The fourth-order valence-corrected chi connectivity index (χ4v) is 4.01. The van der Waals surface area contributed by atoms with E-state index in [9.17, 15) is 0 Å². The Morgan fingerprint density at radius 1 is 0.905 bits per heavy atom. The Morgan fingerprint density at radius 3 is 2.29 bits per heavy atom. The molecule has 118 valence electrons. The Balaban J connectivity index is 1.70. The number of nitrogens with zero attached hydrogens (tertiary/aromatic N) is 3. The van der Waals surface area contributed by atoms with Gasteiger partial charge in [0.05, 0.1) is 25.3 Å². The van der Waals surface area contributed by atoms with Crippen LogP contribution in [0.3, 0.4) is 0 Å². The zero-order valence-corrected chi connectivity index (χ0v) is 13.2. The third-order valence-corrected chi connectivity index (χ3v) is 5.33. The summed E-state index contributed by atoms with van der Waals surface area (Å²) in [7, 11) is 0. The molecule has 0 aromatic heterocycles. The van der Waals surface area contributed by atoms with E-state index in [2.05, 4.69) is 15.9 Å². The molecule has 0 radical (unpaired) electrons. The van der Waals surface area contributed by atoms with Crippen LogP contribution in [0.4, 0.5) is 0 Å². The standard InChI is InChI=1S/C17H29N3O/c1-3-7-16(8-4-1)18-15-19-17(9-5-2-6-10-17)20-11-13-21-14-12-20/h16H,1-14H2. The first-order valence-corrected chi connectivity index (χ1v) is 8.89. The predicted octanol–water partition coefficient (Wildman–Crippen LogP) is 3.49. The molecule has 0 spiro atoms. The topological polar surface area (TPSA) is 37.2 Å².